The molecule has 1 fully saturated rings. The SMILES string of the molecule is FC(F)c1cccc(Br)c1COc1ccn(C2CC2)n1. The van der Waals surface area contributed by atoms with Crippen LogP contribution < -0.4 is 4.74 Å². The van der Waals surface area contributed by atoms with Crippen LogP contribution in [0.5, 0.6) is 5.88 Å². The molecule has 1 aromatic carbocycles. The van der Waals surface area contributed by atoms with Crippen molar-refractivity contribution in [1.29, 1.82) is 0 Å². The molecule has 0 atom stereocenters. The minimum absolute atomic E-state index is 0.0130. The molecule has 1 aromatic heterocycles. The molecule has 20 heavy (non-hydrogen) atoms. The molecule has 106 valence electrons. The maximum Gasteiger partial charge on any atom is 0.264 e. The number of benzene rings is 1. The highest BCUT2D eigenvalue weighted by atomic mass is 79.9. The molecule has 0 spiro atoms. The van der Waals surface area contributed by atoms with Crippen molar-refractivity contribution >= 4 is 15.9 Å². The van der Waals surface area contributed by atoms with Crippen LogP contribution in [0, 0.1) is 0 Å². The Morgan fingerprint density at radius 3 is 2.85 bits per heavy atom. The molecule has 0 radical (unpaired) electrons. The Kier molecular flexibility index (Phi) is 3.74. The van der Waals surface area contributed by atoms with Crippen molar-refractivity contribution < 1.29 is 13.5 Å². The number of rotatable bonds is 5. The van der Waals surface area contributed by atoms with E-state index >= 15 is 0 Å². The van der Waals surface area contributed by atoms with Crippen molar-refractivity contribution in [3.63, 3.8) is 0 Å². The van der Waals surface area contributed by atoms with Gasteiger partial charge in [-0.15, -0.1) is 5.10 Å². The molecule has 3 nitrogen and oxygen atoms in total. The van der Waals surface area contributed by atoms with Gasteiger partial charge >= 0.3 is 0 Å². The first-order valence-electron chi connectivity index (χ1n) is 6.38. The topological polar surface area (TPSA) is 27.1 Å². The quantitative estimate of drug-likeness (QED) is 0.799. The summed E-state index contributed by atoms with van der Waals surface area (Å²) in [5.74, 6) is 0.466. The normalized spacial score (nSPS) is 14.8. The van der Waals surface area contributed by atoms with Crippen LogP contribution in [0.15, 0.2) is 34.9 Å². The number of hydrogen-bond acceptors (Lipinski definition) is 2. The molecule has 0 saturated heterocycles. The third-order valence-electron chi connectivity index (χ3n) is 3.26. The second kappa shape index (κ2) is 5.52. The van der Waals surface area contributed by atoms with Gasteiger partial charge in [-0.3, -0.25) is 4.68 Å². The van der Waals surface area contributed by atoms with Gasteiger partial charge in [-0.25, -0.2) is 8.78 Å². The Bertz CT molecular complexity index is 611. The zero-order valence-electron chi connectivity index (χ0n) is 10.6. The summed E-state index contributed by atoms with van der Waals surface area (Å²) in [6.45, 7) is 0.0722. The van der Waals surface area contributed by atoms with E-state index in [4.69, 9.17) is 4.74 Å². The average molecular weight is 343 g/mol. The molecule has 0 amide bonds. The molecule has 0 aliphatic heterocycles. The maximum absolute atomic E-state index is 13.0. The molecule has 1 saturated carbocycles. The van der Waals surface area contributed by atoms with Crippen molar-refractivity contribution in [2.45, 2.75) is 31.9 Å². The highest BCUT2D eigenvalue weighted by molar-refractivity contribution is 9.10. The minimum Gasteiger partial charge on any atom is -0.472 e. The molecular formula is C14H13BrF2N2O. The van der Waals surface area contributed by atoms with Crippen LogP contribution in [-0.4, -0.2) is 9.78 Å². The van der Waals surface area contributed by atoms with E-state index < -0.39 is 6.43 Å². The van der Waals surface area contributed by atoms with Crippen molar-refractivity contribution in [3.8, 4) is 5.88 Å². The number of alkyl halides is 2. The molecule has 6 heteroatoms. The Hall–Kier alpha value is -1.43. The monoisotopic (exact) mass is 342 g/mol. The van der Waals surface area contributed by atoms with Gasteiger partial charge in [0.25, 0.3) is 6.43 Å². The third kappa shape index (κ3) is 2.85. The first kappa shape index (κ1) is 13.5. The third-order valence-corrected chi connectivity index (χ3v) is 4.00. The van der Waals surface area contributed by atoms with E-state index in [0.717, 1.165) is 12.8 Å². The Balaban J connectivity index is 1.73. The van der Waals surface area contributed by atoms with Crippen LogP contribution in [0.3, 0.4) is 0 Å². The van der Waals surface area contributed by atoms with Crippen molar-refractivity contribution in [2.75, 3.05) is 0 Å². The van der Waals surface area contributed by atoms with E-state index in [2.05, 4.69) is 21.0 Å². The van der Waals surface area contributed by atoms with Crippen LogP contribution in [0.4, 0.5) is 8.78 Å². The lowest BCUT2D eigenvalue weighted by Gasteiger charge is -2.11. The number of halogens is 3. The second-order valence-corrected chi connectivity index (χ2v) is 5.62. The van der Waals surface area contributed by atoms with Gasteiger partial charge in [0, 0.05) is 27.9 Å². The van der Waals surface area contributed by atoms with Crippen molar-refractivity contribution in [3.05, 3.63) is 46.1 Å². The van der Waals surface area contributed by atoms with E-state index in [0.29, 0.717) is 22.0 Å². The zero-order chi connectivity index (χ0) is 14.1. The molecule has 0 bridgehead atoms. The fourth-order valence-electron chi connectivity index (χ4n) is 2.02. The molecule has 1 aliphatic carbocycles. The summed E-state index contributed by atoms with van der Waals surface area (Å²) in [7, 11) is 0. The number of hydrogen-bond donors (Lipinski definition) is 0. The van der Waals surface area contributed by atoms with Gasteiger partial charge in [0.15, 0.2) is 0 Å². The van der Waals surface area contributed by atoms with E-state index in [1.807, 2.05) is 10.9 Å². The molecule has 1 heterocycles. The average Bonchev–Trinajstić information content (AvgIpc) is 3.16. The number of ether oxygens (including phenoxy) is 1. The Morgan fingerprint density at radius 2 is 2.15 bits per heavy atom. The van der Waals surface area contributed by atoms with Crippen molar-refractivity contribution in [2.24, 2.45) is 0 Å². The maximum atomic E-state index is 13.0. The summed E-state index contributed by atoms with van der Waals surface area (Å²) in [4.78, 5) is 0. The predicted molar refractivity (Wildman–Crippen MR) is 73.9 cm³/mol. The lowest BCUT2D eigenvalue weighted by molar-refractivity contribution is 0.147. The number of nitrogens with zero attached hydrogens (tertiary/aromatic N) is 2. The number of aromatic nitrogens is 2. The van der Waals surface area contributed by atoms with E-state index in [1.54, 1.807) is 18.2 Å². The van der Waals surface area contributed by atoms with Gasteiger partial charge in [0.1, 0.15) is 6.61 Å². The largest absolute Gasteiger partial charge is 0.472 e. The molecule has 0 unspecified atom stereocenters. The zero-order valence-corrected chi connectivity index (χ0v) is 12.2. The molecule has 1 aliphatic rings. The van der Waals surface area contributed by atoms with E-state index in [1.165, 1.54) is 6.07 Å². The summed E-state index contributed by atoms with van der Waals surface area (Å²) in [5.41, 5.74) is 0.449. The van der Waals surface area contributed by atoms with Crippen LogP contribution in [0.25, 0.3) is 0 Å². The summed E-state index contributed by atoms with van der Waals surface area (Å²) in [5, 5.41) is 4.28. The van der Waals surface area contributed by atoms with Gasteiger partial charge in [0.05, 0.1) is 6.04 Å². The van der Waals surface area contributed by atoms with Gasteiger partial charge in [0.2, 0.25) is 5.88 Å². The van der Waals surface area contributed by atoms with Gasteiger partial charge in [-0.05, 0) is 18.9 Å². The fraction of sp³-hybridized carbons (Fsp3) is 0.357. The van der Waals surface area contributed by atoms with E-state index in [-0.39, 0.29) is 12.2 Å². The standard InChI is InChI=1S/C14H13BrF2N2O/c15-12-3-1-2-10(14(16)17)11(12)8-20-13-6-7-19(18-13)9-4-5-9/h1-3,6-7,9,14H,4-5,8H2. The van der Waals surface area contributed by atoms with Gasteiger partial charge in [-0.2, -0.15) is 0 Å². The Labute approximate surface area is 123 Å². The van der Waals surface area contributed by atoms with Gasteiger partial charge in [-0.1, -0.05) is 28.1 Å². The first-order chi connectivity index (χ1) is 9.65. The molecule has 0 N–H and O–H groups in total. The Morgan fingerprint density at radius 1 is 1.35 bits per heavy atom. The van der Waals surface area contributed by atoms with Crippen LogP contribution in [-0.2, 0) is 6.61 Å². The lowest BCUT2D eigenvalue weighted by atomic mass is 10.1. The minimum atomic E-state index is -2.52. The molecular weight excluding hydrogens is 330 g/mol. The first-order valence-corrected chi connectivity index (χ1v) is 7.18. The lowest BCUT2D eigenvalue weighted by Crippen LogP contribution is -2.03. The van der Waals surface area contributed by atoms with Gasteiger partial charge < -0.3 is 4.74 Å². The van der Waals surface area contributed by atoms with Crippen LogP contribution in [0.2, 0.25) is 0 Å². The summed E-state index contributed by atoms with van der Waals surface area (Å²) < 4.78 is 33.9. The highest BCUT2D eigenvalue weighted by Gasteiger charge is 2.24. The fourth-order valence-corrected chi connectivity index (χ4v) is 2.51. The second-order valence-electron chi connectivity index (χ2n) is 4.76. The summed E-state index contributed by atoms with van der Waals surface area (Å²) >= 11 is 3.29. The summed E-state index contributed by atoms with van der Waals surface area (Å²) in [6, 6.07) is 6.98. The van der Waals surface area contributed by atoms with Crippen LogP contribution >= 0.6 is 15.9 Å². The van der Waals surface area contributed by atoms with E-state index in [9.17, 15) is 8.78 Å². The van der Waals surface area contributed by atoms with Crippen molar-refractivity contribution in [1.82, 2.24) is 9.78 Å². The highest BCUT2D eigenvalue weighted by Crippen LogP contribution is 2.35. The summed E-state index contributed by atoms with van der Waals surface area (Å²) in [6.07, 6.45) is 1.62. The molecule has 2 aromatic rings. The predicted octanol–water partition coefficient (Wildman–Crippen LogP) is 4.50. The smallest absolute Gasteiger partial charge is 0.264 e. The van der Waals surface area contributed by atoms with Crippen LogP contribution in [0.1, 0.15) is 36.4 Å². The molecule has 3 rings (SSSR count).